The standard InChI is InChI=1S/C21H33N5OS.HI/c1-16(2)19-15-28-20(25-19)14-24-21(22-3)23-13-17-7-9-18(10-8-17)27-12-6-11-26(4)5;/h7-10,15-16H,6,11-14H2,1-5H3,(H2,22,23,24);1H. The van der Waals surface area contributed by atoms with Crippen LogP contribution in [-0.4, -0.2) is 50.1 Å². The molecule has 0 aliphatic rings. The number of guanidine groups is 1. The van der Waals surface area contributed by atoms with E-state index in [-0.39, 0.29) is 24.0 Å². The molecule has 0 bridgehead atoms. The van der Waals surface area contributed by atoms with Crippen LogP contribution in [0, 0.1) is 0 Å². The highest BCUT2D eigenvalue weighted by Crippen LogP contribution is 2.17. The van der Waals surface area contributed by atoms with Gasteiger partial charge in [-0.2, -0.15) is 0 Å². The lowest BCUT2D eigenvalue weighted by molar-refractivity contribution is 0.281. The predicted molar refractivity (Wildman–Crippen MR) is 134 cm³/mol. The number of nitrogens with one attached hydrogen (secondary N) is 2. The molecule has 0 saturated heterocycles. The van der Waals surface area contributed by atoms with Gasteiger partial charge in [-0.05, 0) is 44.1 Å². The van der Waals surface area contributed by atoms with Crippen LogP contribution in [0.2, 0.25) is 0 Å². The first-order chi connectivity index (χ1) is 13.5. The van der Waals surface area contributed by atoms with Crippen molar-refractivity contribution in [3.05, 3.63) is 45.9 Å². The lowest BCUT2D eigenvalue weighted by Gasteiger charge is -2.12. The summed E-state index contributed by atoms with van der Waals surface area (Å²) >= 11 is 1.68. The molecule has 0 unspecified atom stereocenters. The monoisotopic (exact) mass is 531 g/mol. The Morgan fingerprint density at radius 3 is 2.45 bits per heavy atom. The van der Waals surface area contributed by atoms with Gasteiger partial charge in [0, 0.05) is 25.5 Å². The largest absolute Gasteiger partial charge is 0.494 e. The van der Waals surface area contributed by atoms with Gasteiger partial charge in [0.2, 0.25) is 0 Å². The summed E-state index contributed by atoms with van der Waals surface area (Å²) in [5.74, 6) is 2.14. The van der Waals surface area contributed by atoms with Gasteiger partial charge in [0.25, 0.3) is 0 Å². The van der Waals surface area contributed by atoms with Crippen LogP contribution in [0.25, 0.3) is 0 Å². The summed E-state index contributed by atoms with van der Waals surface area (Å²) in [6.07, 6.45) is 1.02. The SMILES string of the molecule is CN=C(NCc1ccc(OCCCN(C)C)cc1)NCc1nc(C(C)C)cs1.I. The molecule has 2 aromatic rings. The van der Waals surface area contributed by atoms with E-state index in [1.54, 1.807) is 18.4 Å². The second-order valence-electron chi connectivity index (χ2n) is 7.25. The van der Waals surface area contributed by atoms with Crippen LogP contribution in [0.5, 0.6) is 5.75 Å². The Kier molecular flexibility index (Phi) is 12.2. The highest BCUT2D eigenvalue weighted by molar-refractivity contribution is 14.0. The van der Waals surface area contributed by atoms with Gasteiger partial charge in [-0.25, -0.2) is 4.98 Å². The molecule has 6 nitrogen and oxygen atoms in total. The van der Waals surface area contributed by atoms with Crippen molar-refractivity contribution in [1.82, 2.24) is 20.5 Å². The molecule has 2 N–H and O–H groups in total. The van der Waals surface area contributed by atoms with Gasteiger partial charge < -0.3 is 20.3 Å². The fourth-order valence-electron chi connectivity index (χ4n) is 2.51. The molecule has 0 aliphatic heterocycles. The van der Waals surface area contributed by atoms with Gasteiger partial charge in [-0.1, -0.05) is 26.0 Å². The smallest absolute Gasteiger partial charge is 0.191 e. The zero-order valence-electron chi connectivity index (χ0n) is 18.1. The van der Waals surface area contributed by atoms with Gasteiger partial charge in [0.15, 0.2) is 5.96 Å². The van der Waals surface area contributed by atoms with E-state index in [1.807, 2.05) is 12.1 Å². The van der Waals surface area contributed by atoms with Crippen LogP contribution in [-0.2, 0) is 13.1 Å². The summed E-state index contributed by atoms with van der Waals surface area (Å²) in [4.78, 5) is 11.1. The topological polar surface area (TPSA) is 61.8 Å². The summed E-state index contributed by atoms with van der Waals surface area (Å²) in [5, 5.41) is 9.86. The fourth-order valence-corrected chi connectivity index (χ4v) is 3.41. The lowest BCUT2D eigenvalue weighted by atomic mass is 10.2. The van der Waals surface area contributed by atoms with Gasteiger partial charge in [0.05, 0.1) is 18.8 Å². The van der Waals surface area contributed by atoms with E-state index < -0.39 is 0 Å². The first-order valence-corrected chi connectivity index (χ1v) is 10.6. The van der Waals surface area contributed by atoms with Crippen molar-refractivity contribution in [2.45, 2.75) is 39.3 Å². The van der Waals surface area contributed by atoms with Gasteiger partial charge >= 0.3 is 0 Å². The number of nitrogens with zero attached hydrogens (tertiary/aromatic N) is 3. The predicted octanol–water partition coefficient (Wildman–Crippen LogP) is 4.08. The Balaban J connectivity index is 0.00000420. The third kappa shape index (κ3) is 9.77. The Hall–Kier alpha value is -1.39. The molecule has 0 aliphatic carbocycles. The number of aromatic nitrogens is 1. The Bertz CT molecular complexity index is 731. The molecule has 162 valence electrons. The summed E-state index contributed by atoms with van der Waals surface area (Å²) in [7, 11) is 5.93. The van der Waals surface area contributed by atoms with Gasteiger partial charge in [-0.3, -0.25) is 4.99 Å². The molecule has 0 atom stereocenters. The van der Waals surface area contributed by atoms with Crippen molar-refractivity contribution in [2.24, 2.45) is 4.99 Å². The Morgan fingerprint density at radius 2 is 1.86 bits per heavy atom. The van der Waals surface area contributed by atoms with E-state index >= 15 is 0 Å². The summed E-state index contributed by atoms with van der Waals surface area (Å²) in [6.45, 7) is 7.47. The molecule has 0 spiro atoms. The molecule has 2 rings (SSSR count). The molecule has 0 fully saturated rings. The second-order valence-corrected chi connectivity index (χ2v) is 8.19. The number of rotatable bonds is 10. The van der Waals surface area contributed by atoms with E-state index in [9.17, 15) is 0 Å². The maximum atomic E-state index is 5.78. The molecule has 1 aromatic heterocycles. The van der Waals surface area contributed by atoms with Gasteiger partial charge in [-0.15, -0.1) is 35.3 Å². The fraction of sp³-hybridized carbons (Fsp3) is 0.524. The first kappa shape index (κ1) is 25.6. The second kappa shape index (κ2) is 13.8. The average molecular weight is 532 g/mol. The van der Waals surface area contributed by atoms with Crippen LogP contribution >= 0.6 is 35.3 Å². The normalized spacial score (nSPS) is 11.5. The number of ether oxygens (including phenoxy) is 1. The number of halogens is 1. The van der Waals surface area contributed by atoms with E-state index in [4.69, 9.17) is 4.74 Å². The Morgan fingerprint density at radius 1 is 1.17 bits per heavy atom. The number of thiazole rings is 1. The van der Waals surface area contributed by atoms with Crippen LogP contribution < -0.4 is 15.4 Å². The maximum absolute atomic E-state index is 5.78. The van der Waals surface area contributed by atoms with Crippen LogP contribution in [0.3, 0.4) is 0 Å². The van der Waals surface area contributed by atoms with Crippen molar-refractivity contribution >= 4 is 41.3 Å². The number of aliphatic imine (C=N–C) groups is 1. The van der Waals surface area contributed by atoms with E-state index in [0.29, 0.717) is 19.0 Å². The molecule has 0 saturated carbocycles. The molecule has 0 amide bonds. The molecule has 8 heteroatoms. The number of hydrogen-bond donors (Lipinski definition) is 2. The molecular weight excluding hydrogens is 497 g/mol. The molecule has 29 heavy (non-hydrogen) atoms. The van der Waals surface area contributed by atoms with E-state index in [1.165, 1.54) is 5.56 Å². The summed E-state index contributed by atoms with van der Waals surface area (Å²) in [5.41, 5.74) is 2.33. The minimum atomic E-state index is 0. The van der Waals surface area contributed by atoms with Crippen LogP contribution in [0.15, 0.2) is 34.6 Å². The van der Waals surface area contributed by atoms with Crippen molar-refractivity contribution in [2.75, 3.05) is 34.3 Å². The summed E-state index contributed by atoms with van der Waals surface area (Å²) < 4.78 is 5.78. The van der Waals surface area contributed by atoms with E-state index in [2.05, 4.69) is 71.0 Å². The third-order valence-electron chi connectivity index (χ3n) is 4.19. The molecule has 1 aromatic carbocycles. The molecule has 0 radical (unpaired) electrons. The average Bonchev–Trinajstić information content (AvgIpc) is 3.15. The number of benzene rings is 1. The van der Waals surface area contributed by atoms with Crippen LogP contribution in [0.4, 0.5) is 0 Å². The quantitative estimate of drug-likeness (QED) is 0.210. The van der Waals surface area contributed by atoms with Crippen molar-refractivity contribution in [1.29, 1.82) is 0 Å². The van der Waals surface area contributed by atoms with Crippen LogP contribution in [0.1, 0.15) is 42.5 Å². The third-order valence-corrected chi connectivity index (χ3v) is 5.06. The first-order valence-electron chi connectivity index (χ1n) is 9.73. The van der Waals surface area contributed by atoms with Crippen molar-refractivity contribution < 1.29 is 4.74 Å². The van der Waals surface area contributed by atoms with Crippen molar-refractivity contribution in [3.63, 3.8) is 0 Å². The highest BCUT2D eigenvalue weighted by Gasteiger charge is 2.06. The minimum absolute atomic E-state index is 0. The van der Waals surface area contributed by atoms with Crippen molar-refractivity contribution in [3.8, 4) is 5.75 Å². The minimum Gasteiger partial charge on any atom is -0.494 e. The highest BCUT2D eigenvalue weighted by atomic mass is 127. The molecule has 1 heterocycles. The van der Waals surface area contributed by atoms with E-state index in [0.717, 1.165) is 42.0 Å². The lowest BCUT2D eigenvalue weighted by Crippen LogP contribution is -2.36. The molecular formula is C21H34IN5OS. The maximum Gasteiger partial charge on any atom is 0.191 e. The zero-order chi connectivity index (χ0) is 20.4. The summed E-state index contributed by atoms with van der Waals surface area (Å²) in [6, 6.07) is 8.20. The van der Waals surface area contributed by atoms with Gasteiger partial charge in [0.1, 0.15) is 10.8 Å². The number of hydrogen-bond acceptors (Lipinski definition) is 5. The zero-order valence-corrected chi connectivity index (χ0v) is 21.2. The Labute approximate surface area is 196 Å².